The summed E-state index contributed by atoms with van der Waals surface area (Å²) in [5.41, 5.74) is 0.849. The molecule has 0 N–H and O–H groups in total. The Hall–Kier alpha value is 0.0300. The first-order valence-corrected chi connectivity index (χ1v) is 4.64. The van der Waals surface area contributed by atoms with Crippen LogP contribution in [0.1, 0.15) is 20.4 Å². The summed E-state index contributed by atoms with van der Waals surface area (Å²) in [7, 11) is 0. The number of carbonyl (C=O) groups is 1. The molecule has 0 saturated carbocycles. The lowest BCUT2D eigenvalue weighted by Gasteiger charge is -1.83. The van der Waals surface area contributed by atoms with Crippen LogP contribution in [0.2, 0.25) is 0 Å². The molecule has 0 aliphatic rings. The highest BCUT2D eigenvalue weighted by Crippen LogP contribution is 2.19. The highest BCUT2D eigenvalue weighted by atomic mass is 127. The molecule has 1 rings (SSSR count). The van der Waals surface area contributed by atoms with Crippen LogP contribution in [0.5, 0.6) is 0 Å². The van der Waals surface area contributed by atoms with E-state index < -0.39 is 0 Å². The summed E-state index contributed by atoms with van der Waals surface area (Å²) in [4.78, 5) is 15.7. The molecular formula is C6H6INOS. The van der Waals surface area contributed by atoms with Crippen molar-refractivity contribution in [3.63, 3.8) is 0 Å². The molecule has 0 aliphatic heterocycles. The number of rotatable bonds is 1. The molecule has 0 aliphatic carbocycles. The van der Waals surface area contributed by atoms with Crippen LogP contribution in [-0.2, 0) is 0 Å². The molecule has 0 radical (unpaired) electrons. The number of hydrogen-bond donors (Lipinski definition) is 0. The zero-order valence-corrected chi connectivity index (χ0v) is 8.62. The van der Waals surface area contributed by atoms with Gasteiger partial charge < -0.3 is 0 Å². The highest BCUT2D eigenvalue weighted by molar-refractivity contribution is 14.1. The van der Waals surface area contributed by atoms with Crippen LogP contribution >= 0.6 is 33.9 Å². The van der Waals surface area contributed by atoms with E-state index in [2.05, 4.69) is 4.98 Å². The van der Waals surface area contributed by atoms with Crippen LogP contribution in [0, 0.1) is 13.8 Å². The average Bonchev–Trinajstić information content (AvgIpc) is 2.10. The molecule has 4 heteroatoms. The van der Waals surface area contributed by atoms with Gasteiger partial charge in [0.25, 0.3) is 0 Å². The first-order valence-electron chi connectivity index (χ1n) is 2.75. The lowest BCUT2D eigenvalue weighted by molar-refractivity contribution is 0.110. The quantitative estimate of drug-likeness (QED) is 0.577. The van der Waals surface area contributed by atoms with Gasteiger partial charge in [0, 0.05) is 22.6 Å². The minimum atomic E-state index is 0.0840. The van der Waals surface area contributed by atoms with E-state index in [1.807, 2.05) is 13.8 Å². The fourth-order valence-corrected chi connectivity index (χ4v) is 2.19. The number of carbonyl (C=O) groups excluding carboxylic acids is 1. The number of thiazole rings is 1. The monoisotopic (exact) mass is 267 g/mol. The van der Waals surface area contributed by atoms with Gasteiger partial charge in [-0.1, -0.05) is 0 Å². The summed E-state index contributed by atoms with van der Waals surface area (Å²) >= 11 is 3.23. The summed E-state index contributed by atoms with van der Waals surface area (Å²) in [5.74, 6) is 0. The summed E-state index contributed by atoms with van der Waals surface area (Å²) in [6, 6.07) is 0. The SMILES string of the molecule is Cc1nc(C)c(C(=O)I)s1. The van der Waals surface area contributed by atoms with Crippen molar-refractivity contribution >= 4 is 37.7 Å². The van der Waals surface area contributed by atoms with E-state index in [0.29, 0.717) is 0 Å². The maximum Gasteiger partial charge on any atom is 0.234 e. The molecular weight excluding hydrogens is 261 g/mol. The number of hydrogen-bond acceptors (Lipinski definition) is 3. The fourth-order valence-electron chi connectivity index (χ4n) is 0.714. The molecule has 0 unspecified atom stereocenters. The number of aromatic nitrogens is 1. The Labute approximate surface area is 76.8 Å². The Kier molecular flexibility index (Phi) is 2.40. The molecule has 0 bridgehead atoms. The molecule has 0 spiro atoms. The van der Waals surface area contributed by atoms with E-state index in [-0.39, 0.29) is 3.79 Å². The lowest BCUT2D eigenvalue weighted by Crippen LogP contribution is -1.85. The van der Waals surface area contributed by atoms with Crippen LogP contribution in [0.15, 0.2) is 0 Å². The van der Waals surface area contributed by atoms with Crippen molar-refractivity contribution in [1.29, 1.82) is 0 Å². The summed E-state index contributed by atoms with van der Waals surface area (Å²) in [5, 5.41) is 0.956. The van der Waals surface area contributed by atoms with Gasteiger partial charge in [-0.15, -0.1) is 11.3 Å². The zero-order chi connectivity index (χ0) is 7.72. The van der Waals surface area contributed by atoms with Gasteiger partial charge in [-0.3, -0.25) is 4.79 Å². The van der Waals surface area contributed by atoms with Crippen LogP contribution in [0.3, 0.4) is 0 Å². The lowest BCUT2D eigenvalue weighted by atomic mass is 10.4. The second kappa shape index (κ2) is 2.96. The molecule has 0 atom stereocenters. The molecule has 2 nitrogen and oxygen atoms in total. The van der Waals surface area contributed by atoms with Crippen LogP contribution in [0.25, 0.3) is 0 Å². The largest absolute Gasteiger partial charge is 0.281 e. The van der Waals surface area contributed by atoms with Crippen molar-refractivity contribution in [3.05, 3.63) is 15.6 Å². The Balaban J connectivity index is 3.15. The van der Waals surface area contributed by atoms with Gasteiger partial charge in [-0.05, 0) is 13.8 Å². The maximum absolute atomic E-state index is 10.8. The van der Waals surface area contributed by atoms with Crippen molar-refractivity contribution in [2.45, 2.75) is 13.8 Å². The smallest absolute Gasteiger partial charge is 0.234 e. The Morgan fingerprint density at radius 1 is 1.60 bits per heavy atom. The van der Waals surface area contributed by atoms with E-state index in [1.54, 1.807) is 22.6 Å². The van der Waals surface area contributed by atoms with Crippen molar-refractivity contribution in [3.8, 4) is 0 Å². The van der Waals surface area contributed by atoms with Gasteiger partial charge in [0.15, 0.2) is 0 Å². The van der Waals surface area contributed by atoms with Crippen molar-refractivity contribution < 1.29 is 4.79 Å². The molecule has 1 heterocycles. The topological polar surface area (TPSA) is 30.0 Å². The molecule has 1 aromatic heterocycles. The predicted molar refractivity (Wildman–Crippen MR) is 49.9 cm³/mol. The predicted octanol–water partition coefficient (Wildman–Crippen LogP) is 2.34. The van der Waals surface area contributed by atoms with Crippen LogP contribution in [0.4, 0.5) is 0 Å². The van der Waals surface area contributed by atoms with Gasteiger partial charge in [-0.25, -0.2) is 4.98 Å². The van der Waals surface area contributed by atoms with Gasteiger partial charge >= 0.3 is 0 Å². The van der Waals surface area contributed by atoms with Gasteiger partial charge in [0.2, 0.25) is 3.79 Å². The van der Waals surface area contributed by atoms with E-state index >= 15 is 0 Å². The second-order valence-corrected chi connectivity index (χ2v) is 4.10. The van der Waals surface area contributed by atoms with E-state index in [0.717, 1.165) is 15.6 Å². The Morgan fingerprint density at radius 2 is 2.20 bits per heavy atom. The first-order chi connectivity index (χ1) is 4.61. The fraction of sp³-hybridized carbons (Fsp3) is 0.333. The highest BCUT2D eigenvalue weighted by Gasteiger charge is 2.09. The third-order valence-corrected chi connectivity index (χ3v) is 3.06. The molecule has 0 aromatic carbocycles. The van der Waals surface area contributed by atoms with Crippen LogP contribution in [-0.4, -0.2) is 8.77 Å². The summed E-state index contributed by atoms with van der Waals surface area (Å²) in [6.45, 7) is 3.76. The average molecular weight is 267 g/mol. The zero-order valence-electron chi connectivity index (χ0n) is 5.64. The van der Waals surface area contributed by atoms with Crippen molar-refractivity contribution in [2.24, 2.45) is 0 Å². The van der Waals surface area contributed by atoms with Gasteiger partial charge in [-0.2, -0.15) is 0 Å². The summed E-state index contributed by atoms with van der Waals surface area (Å²) in [6.07, 6.45) is 0. The third kappa shape index (κ3) is 1.54. The first kappa shape index (κ1) is 8.13. The number of nitrogens with zero attached hydrogens (tertiary/aromatic N) is 1. The second-order valence-electron chi connectivity index (χ2n) is 1.92. The summed E-state index contributed by atoms with van der Waals surface area (Å²) < 4.78 is 0.0840. The molecule has 0 amide bonds. The molecule has 0 fully saturated rings. The maximum atomic E-state index is 10.8. The molecule has 0 saturated heterocycles. The van der Waals surface area contributed by atoms with Gasteiger partial charge in [0.05, 0.1) is 10.7 Å². The molecule has 1 aromatic rings. The normalized spacial score (nSPS) is 9.90. The number of halogens is 1. The van der Waals surface area contributed by atoms with E-state index in [9.17, 15) is 4.79 Å². The third-order valence-electron chi connectivity index (χ3n) is 1.08. The van der Waals surface area contributed by atoms with Crippen molar-refractivity contribution in [2.75, 3.05) is 0 Å². The standard InChI is InChI=1S/C6H6INOS/c1-3-5(6(7)9)10-4(2)8-3/h1-2H3. The Bertz CT molecular complexity index is 269. The van der Waals surface area contributed by atoms with Gasteiger partial charge in [0.1, 0.15) is 4.88 Å². The molecule has 10 heavy (non-hydrogen) atoms. The molecule has 54 valence electrons. The van der Waals surface area contributed by atoms with E-state index in [4.69, 9.17) is 0 Å². The van der Waals surface area contributed by atoms with E-state index in [1.165, 1.54) is 11.3 Å². The number of aryl methyl sites for hydroxylation is 2. The van der Waals surface area contributed by atoms with Crippen molar-refractivity contribution in [1.82, 2.24) is 4.98 Å². The Morgan fingerprint density at radius 3 is 2.40 bits per heavy atom. The van der Waals surface area contributed by atoms with Crippen LogP contribution < -0.4 is 0 Å². The minimum Gasteiger partial charge on any atom is -0.281 e. The minimum absolute atomic E-state index is 0.0840.